The Balaban J connectivity index is 1.96. The first-order valence-corrected chi connectivity index (χ1v) is 7.79. The molecule has 1 aromatic rings. The Morgan fingerprint density at radius 1 is 1.41 bits per heavy atom. The quantitative estimate of drug-likeness (QED) is 0.670. The van der Waals surface area contributed by atoms with E-state index in [1.807, 2.05) is 0 Å². The van der Waals surface area contributed by atoms with E-state index in [9.17, 15) is 14.9 Å². The van der Waals surface area contributed by atoms with Gasteiger partial charge in [-0.25, -0.2) is 0 Å². The van der Waals surface area contributed by atoms with Crippen LogP contribution in [0.1, 0.15) is 42.1 Å². The van der Waals surface area contributed by atoms with Gasteiger partial charge in [-0.2, -0.15) is 0 Å². The summed E-state index contributed by atoms with van der Waals surface area (Å²) in [5, 5.41) is 13.9. The normalized spacial score (nSPS) is 16.5. The summed E-state index contributed by atoms with van der Waals surface area (Å²) in [6.07, 6.45) is 3.00. The van der Waals surface area contributed by atoms with Crippen LogP contribution in [0.3, 0.4) is 0 Å². The second kappa shape index (κ2) is 7.35. The van der Waals surface area contributed by atoms with Crippen molar-refractivity contribution in [3.8, 4) is 0 Å². The minimum Gasteiger partial charge on any atom is -0.349 e. The van der Waals surface area contributed by atoms with E-state index in [2.05, 4.69) is 17.1 Å². The van der Waals surface area contributed by atoms with E-state index < -0.39 is 4.92 Å². The van der Waals surface area contributed by atoms with Gasteiger partial charge in [0.1, 0.15) is 0 Å². The molecule has 1 heterocycles. The topological polar surface area (TPSA) is 75.5 Å². The summed E-state index contributed by atoms with van der Waals surface area (Å²) in [6, 6.07) is 4.78. The molecule has 22 heavy (non-hydrogen) atoms. The molecule has 0 unspecified atom stereocenters. The van der Waals surface area contributed by atoms with Crippen LogP contribution in [-0.2, 0) is 0 Å². The number of nitro benzene ring substituents is 1. The molecule has 1 amide bonds. The third-order valence-corrected chi connectivity index (χ3v) is 4.13. The molecular weight excluding hydrogens is 282 g/mol. The van der Waals surface area contributed by atoms with Crippen LogP contribution in [0.2, 0.25) is 0 Å². The molecule has 0 spiro atoms. The molecule has 1 aromatic carbocycles. The van der Waals surface area contributed by atoms with Crippen LogP contribution >= 0.6 is 0 Å². The zero-order valence-electron chi connectivity index (χ0n) is 13.2. The average Bonchev–Trinajstić information content (AvgIpc) is 2.49. The van der Waals surface area contributed by atoms with Crippen LogP contribution in [0.5, 0.6) is 0 Å². The number of likely N-dealkylation sites (tertiary alicyclic amines) is 1. The smallest absolute Gasteiger partial charge is 0.273 e. The van der Waals surface area contributed by atoms with Crippen LogP contribution < -0.4 is 5.32 Å². The van der Waals surface area contributed by atoms with Crippen LogP contribution in [0, 0.1) is 17.0 Å². The number of carbonyl (C=O) groups excluding carboxylic acids is 1. The first kappa shape index (κ1) is 16.4. The van der Waals surface area contributed by atoms with Crippen LogP contribution in [-0.4, -0.2) is 41.4 Å². The zero-order valence-corrected chi connectivity index (χ0v) is 13.2. The monoisotopic (exact) mass is 305 g/mol. The predicted octanol–water partition coefficient (Wildman–Crippen LogP) is 2.51. The van der Waals surface area contributed by atoms with Crippen molar-refractivity contribution in [1.82, 2.24) is 10.2 Å². The molecule has 1 saturated heterocycles. The summed E-state index contributed by atoms with van der Waals surface area (Å²) in [4.78, 5) is 25.2. The van der Waals surface area contributed by atoms with Gasteiger partial charge in [-0.15, -0.1) is 0 Å². The highest BCUT2D eigenvalue weighted by Gasteiger charge is 2.21. The maximum atomic E-state index is 12.3. The van der Waals surface area contributed by atoms with E-state index in [1.165, 1.54) is 6.07 Å². The van der Waals surface area contributed by atoms with Crippen molar-refractivity contribution >= 4 is 11.6 Å². The summed E-state index contributed by atoms with van der Waals surface area (Å²) in [7, 11) is 0. The van der Waals surface area contributed by atoms with Gasteiger partial charge in [-0.1, -0.05) is 13.0 Å². The Morgan fingerprint density at radius 2 is 2.09 bits per heavy atom. The van der Waals surface area contributed by atoms with Gasteiger partial charge in [0.25, 0.3) is 11.6 Å². The summed E-state index contributed by atoms with van der Waals surface area (Å²) in [5.41, 5.74) is 0.910. The molecule has 1 fully saturated rings. The third-order valence-electron chi connectivity index (χ3n) is 4.13. The number of benzene rings is 1. The van der Waals surface area contributed by atoms with E-state index in [4.69, 9.17) is 0 Å². The van der Waals surface area contributed by atoms with E-state index in [0.717, 1.165) is 38.9 Å². The lowest BCUT2D eigenvalue weighted by molar-refractivity contribution is -0.385. The Kier molecular flexibility index (Phi) is 5.49. The fourth-order valence-electron chi connectivity index (χ4n) is 2.83. The fraction of sp³-hybridized carbons (Fsp3) is 0.562. The molecule has 1 N–H and O–H groups in total. The first-order chi connectivity index (χ1) is 10.5. The average molecular weight is 305 g/mol. The predicted molar refractivity (Wildman–Crippen MR) is 85.1 cm³/mol. The van der Waals surface area contributed by atoms with Crippen molar-refractivity contribution in [2.45, 2.75) is 39.2 Å². The Labute approximate surface area is 130 Å². The molecule has 1 aliphatic rings. The maximum Gasteiger partial charge on any atom is 0.273 e. The van der Waals surface area contributed by atoms with Gasteiger partial charge in [0.2, 0.25) is 0 Å². The van der Waals surface area contributed by atoms with Gasteiger partial charge < -0.3 is 10.2 Å². The summed E-state index contributed by atoms with van der Waals surface area (Å²) < 4.78 is 0. The molecule has 6 nitrogen and oxygen atoms in total. The highest BCUT2D eigenvalue weighted by Crippen LogP contribution is 2.19. The van der Waals surface area contributed by atoms with Gasteiger partial charge in [-0.3, -0.25) is 14.9 Å². The number of nitrogens with zero attached hydrogens (tertiary/aromatic N) is 2. The highest BCUT2D eigenvalue weighted by molar-refractivity contribution is 5.95. The number of hydrogen-bond donors (Lipinski definition) is 1. The van der Waals surface area contributed by atoms with Gasteiger partial charge in [-0.05, 0) is 38.8 Å². The van der Waals surface area contributed by atoms with Crippen LogP contribution in [0.4, 0.5) is 5.69 Å². The number of nitro groups is 1. The largest absolute Gasteiger partial charge is 0.349 e. The molecule has 0 radical (unpaired) electrons. The molecule has 2 rings (SSSR count). The highest BCUT2D eigenvalue weighted by atomic mass is 16.6. The maximum absolute atomic E-state index is 12.3. The molecular formula is C16H23N3O3. The van der Waals surface area contributed by atoms with E-state index >= 15 is 0 Å². The zero-order chi connectivity index (χ0) is 16.1. The van der Waals surface area contributed by atoms with Crippen molar-refractivity contribution < 1.29 is 9.72 Å². The van der Waals surface area contributed by atoms with E-state index in [-0.39, 0.29) is 17.6 Å². The van der Waals surface area contributed by atoms with Crippen molar-refractivity contribution in [3.05, 3.63) is 39.4 Å². The molecule has 120 valence electrons. The first-order valence-electron chi connectivity index (χ1n) is 7.79. The molecule has 0 bridgehead atoms. The van der Waals surface area contributed by atoms with Crippen LogP contribution in [0.15, 0.2) is 18.2 Å². The second-order valence-electron chi connectivity index (χ2n) is 5.85. The molecule has 1 aliphatic heterocycles. The van der Waals surface area contributed by atoms with Gasteiger partial charge in [0, 0.05) is 36.3 Å². The lowest BCUT2D eigenvalue weighted by atomic mass is 10.0. The number of amides is 1. The van der Waals surface area contributed by atoms with Gasteiger partial charge in [0.15, 0.2) is 0 Å². The number of aryl methyl sites for hydroxylation is 1. The van der Waals surface area contributed by atoms with Crippen molar-refractivity contribution in [3.63, 3.8) is 0 Å². The Morgan fingerprint density at radius 3 is 2.68 bits per heavy atom. The minimum atomic E-state index is -0.449. The summed E-state index contributed by atoms with van der Waals surface area (Å²) >= 11 is 0. The van der Waals surface area contributed by atoms with Gasteiger partial charge in [0.05, 0.1) is 4.92 Å². The minimum absolute atomic E-state index is 0.00887. The lowest BCUT2D eigenvalue weighted by Gasteiger charge is -2.32. The molecule has 0 aliphatic carbocycles. The molecule has 6 heteroatoms. The number of carbonyl (C=O) groups is 1. The summed E-state index contributed by atoms with van der Waals surface area (Å²) in [6.45, 7) is 6.92. The Hall–Kier alpha value is -1.95. The van der Waals surface area contributed by atoms with Crippen molar-refractivity contribution in [2.24, 2.45) is 0 Å². The standard InChI is InChI=1S/C16H23N3O3/c1-3-8-18-9-6-14(7-10-18)17-16(20)13-5-4-12(2)15(11-13)19(21)22/h4-5,11,14H,3,6-10H2,1-2H3,(H,17,20). The summed E-state index contributed by atoms with van der Waals surface area (Å²) in [5.74, 6) is -0.225. The number of nitrogens with one attached hydrogen (secondary N) is 1. The van der Waals surface area contributed by atoms with Crippen LogP contribution in [0.25, 0.3) is 0 Å². The fourth-order valence-corrected chi connectivity index (χ4v) is 2.83. The number of hydrogen-bond acceptors (Lipinski definition) is 4. The van der Waals surface area contributed by atoms with Gasteiger partial charge >= 0.3 is 0 Å². The van der Waals surface area contributed by atoms with Crippen molar-refractivity contribution in [1.29, 1.82) is 0 Å². The number of piperidine rings is 1. The SMILES string of the molecule is CCCN1CCC(NC(=O)c2ccc(C)c([N+](=O)[O-])c2)CC1. The lowest BCUT2D eigenvalue weighted by Crippen LogP contribution is -2.44. The Bertz CT molecular complexity index is 552. The molecule has 0 atom stereocenters. The van der Waals surface area contributed by atoms with E-state index in [0.29, 0.717) is 11.1 Å². The third kappa shape index (κ3) is 4.04. The number of rotatable bonds is 5. The molecule has 0 saturated carbocycles. The van der Waals surface area contributed by atoms with E-state index in [1.54, 1.807) is 19.1 Å². The second-order valence-corrected chi connectivity index (χ2v) is 5.85. The molecule has 0 aromatic heterocycles. The van der Waals surface area contributed by atoms with Crippen molar-refractivity contribution in [2.75, 3.05) is 19.6 Å².